The molecule has 0 aliphatic heterocycles. The number of ketones is 1. The normalized spacial score (nSPS) is 10.3. The Hall–Kier alpha value is -2.23. The van der Waals surface area contributed by atoms with Gasteiger partial charge in [-0.1, -0.05) is 6.92 Å². The third-order valence-corrected chi connectivity index (χ3v) is 2.94. The monoisotopic (exact) mass is 272 g/mol. The van der Waals surface area contributed by atoms with Crippen LogP contribution in [0.25, 0.3) is 0 Å². The van der Waals surface area contributed by atoms with Crippen LogP contribution in [0.2, 0.25) is 0 Å². The number of pyridine rings is 1. The topological polar surface area (TPSA) is 42.0 Å². The van der Waals surface area contributed by atoms with Gasteiger partial charge in [0.15, 0.2) is 5.78 Å². The van der Waals surface area contributed by atoms with Crippen LogP contribution in [0.4, 0.5) is 10.1 Å². The lowest BCUT2D eigenvalue weighted by Crippen LogP contribution is -2.02. The Morgan fingerprint density at radius 2 is 2.00 bits per heavy atom. The quantitative estimate of drug-likeness (QED) is 0.813. The van der Waals surface area contributed by atoms with Crippen LogP contribution in [0.5, 0.6) is 0 Å². The smallest absolute Gasteiger partial charge is 0.162 e. The van der Waals surface area contributed by atoms with Crippen LogP contribution >= 0.6 is 0 Å². The van der Waals surface area contributed by atoms with E-state index in [0.29, 0.717) is 13.0 Å². The highest BCUT2D eigenvalue weighted by Gasteiger charge is 2.04. The Balaban J connectivity index is 1.95. The minimum absolute atomic E-state index is 0.161. The van der Waals surface area contributed by atoms with Crippen molar-refractivity contribution in [2.75, 3.05) is 5.32 Å². The Bertz CT molecular complexity index is 581. The molecule has 2 rings (SSSR count). The zero-order valence-electron chi connectivity index (χ0n) is 11.4. The minimum atomic E-state index is -0.343. The van der Waals surface area contributed by atoms with Gasteiger partial charge in [-0.05, 0) is 42.3 Å². The number of halogens is 1. The molecule has 104 valence electrons. The SMILES string of the molecule is CCCC(=O)c1ccc(NCc2cncc(F)c2)cc1. The maximum Gasteiger partial charge on any atom is 0.162 e. The van der Waals surface area contributed by atoms with Crippen LogP contribution in [-0.2, 0) is 6.54 Å². The summed E-state index contributed by atoms with van der Waals surface area (Å²) in [4.78, 5) is 15.5. The first-order chi connectivity index (χ1) is 9.69. The molecule has 2 aromatic rings. The number of benzene rings is 1. The van der Waals surface area contributed by atoms with Crippen LogP contribution in [0, 0.1) is 5.82 Å². The number of Topliss-reactive ketones (excluding diaryl/α,β-unsaturated/α-hetero) is 1. The summed E-state index contributed by atoms with van der Waals surface area (Å²) in [6.45, 7) is 2.48. The van der Waals surface area contributed by atoms with Gasteiger partial charge in [-0.25, -0.2) is 4.39 Å². The molecule has 0 aliphatic rings. The fourth-order valence-electron chi connectivity index (χ4n) is 1.90. The summed E-state index contributed by atoms with van der Waals surface area (Å²) >= 11 is 0. The number of carbonyl (C=O) groups is 1. The highest BCUT2D eigenvalue weighted by atomic mass is 19.1. The minimum Gasteiger partial charge on any atom is -0.381 e. The van der Waals surface area contributed by atoms with E-state index in [0.717, 1.165) is 23.2 Å². The second-order valence-electron chi connectivity index (χ2n) is 4.62. The summed E-state index contributed by atoms with van der Waals surface area (Å²) in [6, 6.07) is 8.78. The zero-order valence-corrected chi connectivity index (χ0v) is 11.4. The first-order valence-corrected chi connectivity index (χ1v) is 6.65. The lowest BCUT2D eigenvalue weighted by molar-refractivity contribution is 0.0982. The Morgan fingerprint density at radius 1 is 1.25 bits per heavy atom. The van der Waals surface area contributed by atoms with E-state index in [9.17, 15) is 9.18 Å². The molecule has 1 N–H and O–H groups in total. The molecule has 0 unspecified atom stereocenters. The third-order valence-electron chi connectivity index (χ3n) is 2.94. The summed E-state index contributed by atoms with van der Waals surface area (Å²) in [5.74, 6) is -0.182. The van der Waals surface area contributed by atoms with Gasteiger partial charge in [0.25, 0.3) is 0 Å². The second kappa shape index (κ2) is 6.80. The van der Waals surface area contributed by atoms with Crippen LogP contribution in [0.1, 0.15) is 35.7 Å². The summed E-state index contributed by atoms with van der Waals surface area (Å²) < 4.78 is 13.0. The standard InChI is InChI=1S/C16H17FN2O/c1-2-3-16(20)13-4-6-15(7-5-13)19-10-12-8-14(17)11-18-9-12/h4-9,11,19H,2-3,10H2,1H3. The number of nitrogens with zero attached hydrogens (tertiary/aromatic N) is 1. The maximum absolute atomic E-state index is 13.0. The number of anilines is 1. The molecule has 0 bridgehead atoms. The van der Waals surface area contributed by atoms with Gasteiger partial charge >= 0.3 is 0 Å². The highest BCUT2D eigenvalue weighted by Crippen LogP contribution is 2.13. The molecule has 0 radical (unpaired) electrons. The van der Waals surface area contributed by atoms with Crippen molar-refractivity contribution >= 4 is 11.5 Å². The van der Waals surface area contributed by atoms with Gasteiger partial charge in [0.1, 0.15) is 5.82 Å². The summed E-state index contributed by atoms with van der Waals surface area (Å²) in [6.07, 6.45) is 4.22. The van der Waals surface area contributed by atoms with Gasteiger partial charge in [-0.2, -0.15) is 0 Å². The summed E-state index contributed by atoms with van der Waals surface area (Å²) in [5, 5.41) is 3.17. The molecular formula is C16H17FN2O. The third kappa shape index (κ3) is 3.88. The summed E-state index contributed by atoms with van der Waals surface area (Å²) in [7, 11) is 0. The number of hydrogen-bond acceptors (Lipinski definition) is 3. The molecule has 0 amide bonds. The van der Waals surface area contributed by atoms with Crippen molar-refractivity contribution in [3.8, 4) is 0 Å². The van der Waals surface area contributed by atoms with Crippen molar-refractivity contribution in [1.29, 1.82) is 0 Å². The molecular weight excluding hydrogens is 255 g/mol. The van der Waals surface area contributed by atoms with Crippen molar-refractivity contribution in [1.82, 2.24) is 4.98 Å². The number of aromatic nitrogens is 1. The number of nitrogens with one attached hydrogen (secondary N) is 1. The molecule has 1 aromatic carbocycles. The van der Waals surface area contributed by atoms with Gasteiger partial charge in [0, 0.05) is 30.4 Å². The molecule has 0 fully saturated rings. The molecule has 0 atom stereocenters. The molecule has 0 saturated carbocycles. The van der Waals surface area contributed by atoms with E-state index in [-0.39, 0.29) is 11.6 Å². The largest absolute Gasteiger partial charge is 0.381 e. The molecule has 20 heavy (non-hydrogen) atoms. The van der Waals surface area contributed by atoms with Crippen molar-refractivity contribution in [3.05, 3.63) is 59.7 Å². The first kappa shape index (κ1) is 14.2. The van der Waals surface area contributed by atoms with E-state index in [2.05, 4.69) is 10.3 Å². The van der Waals surface area contributed by atoms with E-state index in [1.807, 2.05) is 31.2 Å². The number of rotatable bonds is 6. The Morgan fingerprint density at radius 3 is 2.65 bits per heavy atom. The van der Waals surface area contributed by atoms with Crippen molar-refractivity contribution < 1.29 is 9.18 Å². The Labute approximate surface area is 117 Å². The van der Waals surface area contributed by atoms with Gasteiger partial charge in [-0.15, -0.1) is 0 Å². The molecule has 0 spiro atoms. The molecule has 4 heteroatoms. The van der Waals surface area contributed by atoms with Crippen molar-refractivity contribution in [3.63, 3.8) is 0 Å². The molecule has 1 aromatic heterocycles. The fraction of sp³-hybridized carbons (Fsp3) is 0.250. The van der Waals surface area contributed by atoms with Gasteiger partial charge < -0.3 is 5.32 Å². The lowest BCUT2D eigenvalue weighted by atomic mass is 10.1. The summed E-state index contributed by atoms with van der Waals surface area (Å²) in [5.41, 5.74) is 2.39. The van der Waals surface area contributed by atoms with Crippen molar-refractivity contribution in [2.24, 2.45) is 0 Å². The predicted octanol–water partition coefficient (Wildman–Crippen LogP) is 3.82. The molecule has 0 aliphatic carbocycles. The second-order valence-corrected chi connectivity index (χ2v) is 4.62. The highest BCUT2D eigenvalue weighted by molar-refractivity contribution is 5.96. The zero-order chi connectivity index (χ0) is 14.4. The predicted molar refractivity (Wildman–Crippen MR) is 77.2 cm³/mol. The first-order valence-electron chi connectivity index (χ1n) is 6.65. The molecule has 1 heterocycles. The van der Waals surface area contributed by atoms with E-state index in [1.54, 1.807) is 6.20 Å². The average Bonchev–Trinajstić information content (AvgIpc) is 2.46. The van der Waals surface area contributed by atoms with Crippen molar-refractivity contribution in [2.45, 2.75) is 26.3 Å². The fourth-order valence-corrected chi connectivity index (χ4v) is 1.90. The molecule has 3 nitrogen and oxygen atoms in total. The van der Waals surface area contributed by atoms with Crippen LogP contribution < -0.4 is 5.32 Å². The van der Waals surface area contributed by atoms with Gasteiger partial charge in [0.2, 0.25) is 0 Å². The van der Waals surface area contributed by atoms with E-state index in [1.165, 1.54) is 12.3 Å². The van der Waals surface area contributed by atoms with E-state index >= 15 is 0 Å². The van der Waals surface area contributed by atoms with Crippen LogP contribution in [0.3, 0.4) is 0 Å². The molecule has 0 saturated heterocycles. The van der Waals surface area contributed by atoms with E-state index < -0.39 is 0 Å². The van der Waals surface area contributed by atoms with Gasteiger partial charge in [-0.3, -0.25) is 9.78 Å². The lowest BCUT2D eigenvalue weighted by Gasteiger charge is -2.07. The Kier molecular flexibility index (Phi) is 4.82. The average molecular weight is 272 g/mol. The number of carbonyl (C=O) groups excluding carboxylic acids is 1. The van der Waals surface area contributed by atoms with E-state index in [4.69, 9.17) is 0 Å². The number of hydrogen-bond donors (Lipinski definition) is 1. The van der Waals surface area contributed by atoms with Crippen LogP contribution in [-0.4, -0.2) is 10.8 Å². The van der Waals surface area contributed by atoms with Gasteiger partial charge in [0.05, 0.1) is 6.20 Å². The van der Waals surface area contributed by atoms with Crippen LogP contribution in [0.15, 0.2) is 42.7 Å². The maximum atomic E-state index is 13.0.